The minimum atomic E-state index is -0.373. The van der Waals surface area contributed by atoms with Gasteiger partial charge in [0.05, 0.1) is 5.75 Å². The first-order valence-corrected chi connectivity index (χ1v) is 9.70. The summed E-state index contributed by atoms with van der Waals surface area (Å²) in [6, 6.07) is 14.0. The van der Waals surface area contributed by atoms with Gasteiger partial charge in [-0.05, 0) is 62.1 Å². The Morgan fingerprint density at radius 2 is 1.92 bits per heavy atom. The van der Waals surface area contributed by atoms with Crippen LogP contribution in [0.2, 0.25) is 0 Å². The van der Waals surface area contributed by atoms with Gasteiger partial charge in [0, 0.05) is 16.6 Å². The number of carbonyl (C=O) groups excluding carboxylic acids is 2. The number of carbonyl (C=O) groups is 2. The van der Waals surface area contributed by atoms with E-state index < -0.39 is 0 Å². The standard InChI is InChI=1S/C21H23NO3S/c1-14-8-9-18(10-15(14)2)26-13-21(24)25-12-20(23)22-16(3)11-17-6-4-5-7-19(17)22/h4-10,16H,11-13H2,1-3H3/t16-/m1/s1. The number of hydrogen-bond acceptors (Lipinski definition) is 4. The minimum Gasteiger partial charge on any atom is -0.455 e. The molecule has 0 fully saturated rings. The first kappa shape index (κ1) is 18.5. The Kier molecular flexibility index (Phi) is 5.67. The van der Waals surface area contributed by atoms with Crippen LogP contribution in [0.3, 0.4) is 0 Å². The summed E-state index contributed by atoms with van der Waals surface area (Å²) in [7, 11) is 0. The van der Waals surface area contributed by atoms with E-state index in [1.165, 1.54) is 22.9 Å². The summed E-state index contributed by atoms with van der Waals surface area (Å²) in [5.74, 6) is -0.351. The quantitative estimate of drug-likeness (QED) is 0.592. The summed E-state index contributed by atoms with van der Waals surface area (Å²) >= 11 is 1.42. The molecule has 0 bridgehead atoms. The zero-order valence-electron chi connectivity index (χ0n) is 15.3. The molecule has 0 saturated carbocycles. The lowest BCUT2D eigenvalue weighted by molar-refractivity contribution is -0.145. The van der Waals surface area contributed by atoms with Crippen molar-refractivity contribution in [3.05, 3.63) is 59.2 Å². The number of aryl methyl sites for hydroxylation is 2. The average molecular weight is 369 g/mol. The molecular weight excluding hydrogens is 346 g/mol. The smallest absolute Gasteiger partial charge is 0.316 e. The van der Waals surface area contributed by atoms with E-state index in [0.717, 1.165) is 22.6 Å². The first-order chi connectivity index (χ1) is 12.5. The zero-order valence-corrected chi connectivity index (χ0v) is 16.1. The molecule has 2 aromatic rings. The lowest BCUT2D eigenvalue weighted by Gasteiger charge is -2.22. The van der Waals surface area contributed by atoms with Crippen LogP contribution in [0.15, 0.2) is 47.4 Å². The fourth-order valence-electron chi connectivity index (χ4n) is 3.14. The second kappa shape index (κ2) is 7.96. The van der Waals surface area contributed by atoms with Crippen LogP contribution < -0.4 is 4.90 Å². The molecule has 136 valence electrons. The third-order valence-corrected chi connectivity index (χ3v) is 5.63. The Labute approximate surface area is 158 Å². The van der Waals surface area contributed by atoms with Crippen molar-refractivity contribution in [2.75, 3.05) is 17.3 Å². The van der Waals surface area contributed by atoms with Gasteiger partial charge in [0.25, 0.3) is 5.91 Å². The largest absolute Gasteiger partial charge is 0.455 e. The maximum Gasteiger partial charge on any atom is 0.316 e. The van der Waals surface area contributed by atoms with E-state index in [9.17, 15) is 9.59 Å². The van der Waals surface area contributed by atoms with Crippen molar-refractivity contribution in [2.24, 2.45) is 0 Å². The predicted octanol–water partition coefficient (Wildman–Crippen LogP) is 3.92. The van der Waals surface area contributed by atoms with Crippen molar-refractivity contribution >= 4 is 29.3 Å². The number of amides is 1. The van der Waals surface area contributed by atoms with Crippen LogP contribution in [0.25, 0.3) is 0 Å². The summed E-state index contributed by atoms with van der Waals surface area (Å²) in [6.45, 7) is 5.90. The maximum atomic E-state index is 12.5. The molecule has 2 aromatic carbocycles. The Hall–Kier alpha value is -2.27. The predicted molar refractivity (Wildman–Crippen MR) is 105 cm³/mol. The second-order valence-corrected chi connectivity index (χ2v) is 7.69. The van der Waals surface area contributed by atoms with E-state index >= 15 is 0 Å². The van der Waals surface area contributed by atoms with E-state index in [2.05, 4.69) is 13.0 Å². The number of hydrogen-bond donors (Lipinski definition) is 0. The molecule has 26 heavy (non-hydrogen) atoms. The molecule has 0 spiro atoms. The van der Waals surface area contributed by atoms with Crippen molar-refractivity contribution in [3.8, 4) is 0 Å². The van der Waals surface area contributed by atoms with E-state index in [-0.39, 0.29) is 30.3 Å². The molecule has 1 heterocycles. The molecular formula is C21H23NO3S. The van der Waals surface area contributed by atoms with Crippen LogP contribution in [-0.4, -0.2) is 30.3 Å². The topological polar surface area (TPSA) is 46.6 Å². The molecule has 3 rings (SSSR count). The molecule has 1 aliphatic rings. The zero-order chi connectivity index (χ0) is 18.7. The fourth-order valence-corrected chi connectivity index (χ4v) is 3.94. The van der Waals surface area contributed by atoms with E-state index in [0.29, 0.717) is 0 Å². The summed E-state index contributed by atoms with van der Waals surface area (Å²) in [6.07, 6.45) is 0.832. The van der Waals surface area contributed by atoms with E-state index in [1.807, 2.05) is 50.2 Å². The molecule has 0 aliphatic carbocycles. The highest BCUT2D eigenvalue weighted by atomic mass is 32.2. The lowest BCUT2D eigenvalue weighted by Crippen LogP contribution is -2.38. The van der Waals surface area contributed by atoms with Gasteiger partial charge in [-0.2, -0.15) is 0 Å². The van der Waals surface area contributed by atoms with Crippen LogP contribution in [0.1, 0.15) is 23.6 Å². The van der Waals surface area contributed by atoms with Crippen molar-refractivity contribution in [2.45, 2.75) is 38.1 Å². The molecule has 0 radical (unpaired) electrons. The normalized spacial score (nSPS) is 15.7. The molecule has 0 unspecified atom stereocenters. The van der Waals surface area contributed by atoms with Crippen LogP contribution in [0, 0.1) is 13.8 Å². The number of anilines is 1. The third-order valence-electron chi connectivity index (χ3n) is 4.67. The van der Waals surface area contributed by atoms with Crippen LogP contribution in [0.4, 0.5) is 5.69 Å². The van der Waals surface area contributed by atoms with E-state index in [1.54, 1.807) is 4.90 Å². The number of benzene rings is 2. The van der Waals surface area contributed by atoms with Crippen LogP contribution >= 0.6 is 11.8 Å². The minimum absolute atomic E-state index is 0.0866. The average Bonchev–Trinajstić information content (AvgIpc) is 2.96. The van der Waals surface area contributed by atoms with Crippen molar-refractivity contribution in [3.63, 3.8) is 0 Å². The summed E-state index contributed by atoms with van der Waals surface area (Å²) in [4.78, 5) is 27.3. The van der Waals surface area contributed by atoms with Crippen molar-refractivity contribution in [1.82, 2.24) is 0 Å². The number of rotatable bonds is 5. The molecule has 1 amide bonds. The van der Waals surface area contributed by atoms with Gasteiger partial charge in [0.2, 0.25) is 0 Å². The Morgan fingerprint density at radius 1 is 1.15 bits per heavy atom. The molecule has 0 aromatic heterocycles. The maximum absolute atomic E-state index is 12.5. The number of ether oxygens (including phenoxy) is 1. The highest BCUT2D eigenvalue weighted by Gasteiger charge is 2.30. The summed E-state index contributed by atoms with van der Waals surface area (Å²) in [5.41, 5.74) is 4.50. The lowest BCUT2D eigenvalue weighted by atomic mass is 10.1. The van der Waals surface area contributed by atoms with Gasteiger partial charge in [0.15, 0.2) is 6.61 Å². The molecule has 0 N–H and O–H groups in total. The Morgan fingerprint density at radius 3 is 2.69 bits per heavy atom. The molecule has 4 nitrogen and oxygen atoms in total. The fraction of sp³-hybridized carbons (Fsp3) is 0.333. The molecule has 1 aliphatic heterocycles. The Balaban J connectivity index is 1.51. The number of thioether (sulfide) groups is 1. The van der Waals surface area contributed by atoms with Gasteiger partial charge in [-0.3, -0.25) is 9.59 Å². The number of esters is 1. The third kappa shape index (κ3) is 4.10. The van der Waals surface area contributed by atoms with Gasteiger partial charge in [-0.1, -0.05) is 24.3 Å². The second-order valence-electron chi connectivity index (χ2n) is 6.64. The molecule has 1 atom stereocenters. The Bertz CT molecular complexity index is 834. The first-order valence-electron chi connectivity index (χ1n) is 8.71. The summed E-state index contributed by atoms with van der Waals surface area (Å²) < 4.78 is 5.20. The van der Waals surface area contributed by atoms with Crippen molar-refractivity contribution in [1.29, 1.82) is 0 Å². The van der Waals surface area contributed by atoms with E-state index in [4.69, 9.17) is 4.74 Å². The van der Waals surface area contributed by atoms with Gasteiger partial charge < -0.3 is 9.64 Å². The van der Waals surface area contributed by atoms with Gasteiger partial charge in [-0.15, -0.1) is 11.8 Å². The number of para-hydroxylation sites is 1. The number of fused-ring (bicyclic) bond motifs is 1. The molecule has 5 heteroatoms. The summed E-state index contributed by atoms with van der Waals surface area (Å²) in [5, 5.41) is 0. The number of nitrogens with zero attached hydrogens (tertiary/aromatic N) is 1. The SMILES string of the molecule is Cc1ccc(SCC(=O)OCC(=O)N2c3ccccc3C[C@H]2C)cc1C. The monoisotopic (exact) mass is 369 g/mol. The highest BCUT2D eigenvalue weighted by molar-refractivity contribution is 8.00. The van der Waals surface area contributed by atoms with Crippen LogP contribution in [0.5, 0.6) is 0 Å². The van der Waals surface area contributed by atoms with Crippen LogP contribution in [-0.2, 0) is 20.7 Å². The highest BCUT2D eigenvalue weighted by Crippen LogP contribution is 2.31. The van der Waals surface area contributed by atoms with Gasteiger partial charge in [-0.25, -0.2) is 0 Å². The molecule has 0 saturated heterocycles. The van der Waals surface area contributed by atoms with Gasteiger partial charge >= 0.3 is 5.97 Å². The van der Waals surface area contributed by atoms with Crippen molar-refractivity contribution < 1.29 is 14.3 Å². The van der Waals surface area contributed by atoms with Gasteiger partial charge in [0.1, 0.15) is 0 Å².